The maximum absolute atomic E-state index is 12.7. The van der Waals surface area contributed by atoms with Gasteiger partial charge in [0.15, 0.2) is 0 Å². The number of aromatic nitrogens is 2. The third-order valence-corrected chi connectivity index (χ3v) is 3.94. The van der Waals surface area contributed by atoms with Crippen LogP contribution in [0, 0.1) is 6.92 Å². The van der Waals surface area contributed by atoms with E-state index in [-0.39, 0.29) is 18.0 Å². The molecule has 0 saturated heterocycles. The zero-order valence-electron chi connectivity index (χ0n) is 13.7. The summed E-state index contributed by atoms with van der Waals surface area (Å²) in [5, 5.41) is 0.550. The van der Waals surface area contributed by atoms with E-state index in [1.165, 1.54) is 0 Å². The van der Waals surface area contributed by atoms with E-state index < -0.39 is 0 Å². The van der Waals surface area contributed by atoms with Crippen molar-refractivity contribution in [3.63, 3.8) is 0 Å². The van der Waals surface area contributed by atoms with Crippen molar-refractivity contribution in [2.24, 2.45) is 0 Å². The topological polar surface area (TPSA) is 66.1 Å². The molecule has 5 heteroatoms. The van der Waals surface area contributed by atoms with Crippen molar-refractivity contribution in [3.8, 4) is 0 Å². The fraction of sp³-hybridized carbons (Fsp3) is 0.211. The van der Waals surface area contributed by atoms with Crippen LogP contribution < -0.4 is 5.56 Å². The first-order valence-electron chi connectivity index (χ1n) is 7.92. The number of nitrogens with zero attached hydrogens (tertiary/aromatic N) is 2. The summed E-state index contributed by atoms with van der Waals surface area (Å²) >= 11 is 0. The first-order chi connectivity index (χ1) is 11.6. The van der Waals surface area contributed by atoms with Crippen LogP contribution in [0.1, 0.15) is 28.7 Å². The highest BCUT2D eigenvalue weighted by Crippen LogP contribution is 2.11. The lowest BCUT2D eigenvalue weighted by molar-refractivity contribution is 0.0748. The van der Waals surface area contributed by atoms with Gasteiger partial charge in [-0.25, -0.2) is 4.98 Å². The van der Waals surface area contributed by atoms with E-state index in [4.69, 9.17) is 0 Å². The molecule has 0 fully saturated rings. The van der Waals surface area contributed by atoms with E-state index in [2.05, 4.69) is 9.97 Å². The van der Waals surface area contributed by atoms with Gasteiger partial charge in [0.25, 0.3) is 11.5 Å². The molecule has 122 valence electrons. The van der Waals surface area contributed by atoms with Crippen molar-refractivity contribution >= 4 is 16.8 Å². The lowest BCUT2D eigenvalue weighted by Crippen LogP contribution is -2.32. The predicted octanol–water partition coefficient (Wildman–Crippen LogP) is 2.89. The minimum atomic E-state index is -0.186. The van der Waals surface area contributed by atoms with Crippen molar-refractivity contribution in [1.29, 1.82) is 0 Å². The standard InChI is InChI=1S/C19H19N3O2/c1-3-22(19(24)14-8-6-7-13(2)11-14)12-17-20-16-10-5-4-9-15(16)18(23)21-17/h4-11H,3,12H2,1-2H3,(H,20,21,23). The van der Waals surface area contributed by atoms with Crippen LogP contribution in [0.4, 0.5) is 0 Å². The first kappa shape index (κ1) is 15.9. The molecule has 24 heavy (non-hydrogen) atoms. The fourth-order valence-corrected chi connectivity index (χ4v) is 2.68. The molecule has 1 heterocycles. The van der Waals surface area contributed by atoms with Crippen LogP contribution in [0.5, 0.6) is 0 Å². The Hall–Kier alpha value is -2.95. The van der Waals surface area contributed by atoms with E-state index in [0.717, 1.165) is 5.56 Å². The average Bonchev–Trinajstić information content (AvgIpc) is 2.59. The van der Waals surface area contributed by atoms with Gasteiger partial charge in [0, 0.05) is 12.1 Å². The zero-order valence-corrected chi connectivity index (χ0v) is 13.7. The number of hydrogen-bond donors (Lipinski definition) is 1. The zero-order chi connectivity index (χ0) is 17.1. The summed E-state index contributed by atoms with van der Waals surface area (Å²) in [4.78, 5) is 33.8. The van der Waals surface area contributed by atoms with E-state index in [1.54, 1.807) is 29.2 Å². The number of hydrogen-bond acceptors (Lipinski definition) is 3. The van der Waals surface area contributed by atoms with Gasteiger partial charge in [-0.3, -0.25) is 9.59 Å². The van der Waals surface area contributed by atoms with Crippen molar-refractivity contribution < 1.29 is 4.79 Å². The van der Waals surface area contributed by atoms with E-state index in [9.17, 15) is 9.59 Å². The highest BCUT2D eigenvalue weighted by Gasteiger charge is 2.16. The van der Waals surface area contributed by atoms with Gasteiger partial charge in [0.2, 0.25) is 0 Å². The number of H-pyrrole nitrogens is 1. The number of carbonyl (C=O) groups excluding carboxylic acids is 1. The SMILES string of the molecule is CCN(Cc1nc2ccccc2c(=O)[nH]1)C(=O)c1cccc(C)c1. The van der Waals surface area contributed by atoms with Crippen molar-refractivity contribution in [2.45, 2.75) is 20.4 Å². The van der Waals surface area contributed by atoms with Crippen LogP contribution >= 0.6 is 0 Å². The molecule has 0 unspecified atom stereocenters. The minimum Gasteiger partial charge on any atom is -0.331 e. The van der Waals surface area contributed by atoms with E-state index >= 15 is 0 Å². The molecular weight excluding hydrogens is 302 g/mol. The average molecular weight is 321 g/mol. The minimum absolute atomic E-state index is 0.0722. The maximum atomic E-state index is 12.7. The number of aromatic amines is 1. The van der Waals surface area contributed by atoms with Gasteiger partial charge in [0.05, 0.1) is 17.4 Å². The molecule has 0 saturated carbocycles. The lowest BCUT2D eigenvalue weighted by Gasteiger charge is -2.20. The Morgan fingerprint density at radius 2 is 1.96 bits per heavy atom. The Labute approximate surface area is 140 Å². The summed E-state index contributed by atoms with van der Waals surface area (Å²) in [6, 6.07) is 14.7. The Balaban J connectivity index is 1.90. The van der Waals surface area contributed by atoms with Gasteiger partial charge in [-0.1, -0.05) is 29.8 Å². The smallest absolute Gasteiger partial charge is 0.258 e. The molecule has 3 aromatic rings. The van der Waals surface area contributed by atoms with Gasteiger partial charge in [-0.2, -0.15) is 0 Å². The Morgan fingerprint density at radius 3 is 2.71 bits per heavy atom. The first-order valence-corrected chi connectivity index (χ1v) is 7.92. The van der Waals surface area contributed by atoms with Gasteiger partial charge in [-0.05, 0) is 38.1 Å². The van der Waals surface area contributed by atoms with Gasteiger partial charge >= 0.3 is 0 Å². The second-order valence-electron chi connectivity index (χ2n) is 5.72. The van der Waals surface area contributed by atoms with Crippen LogP contribution in [-0.2, 0) is 6.54 Å². The molecular formula is C19H19N3O2. The largest absolute Gasteiger partial charge is 0.331 e. The number of nitrogens with one attached hydrogen (secondary N) is 1. The summed E-state index contributed by atoms with van der Waals surface area (Å²) in [7, 11) is 0. The summed E-state index contributed by atoms with van der Waals surface area (Å²) in [5.41, 5.74) is 2.12. The third kappa shape index (κ3) is 3.20. The highest BCUT2D eigenvalue weighted by molar-refractivity contribution is 5.94. The van der Waals surface area contributed by atoms with Crippen LogP contribution in [0.2, 0.25) is 0 Å². The van der Waals surface area contributed by atoms with Crippen molar-refractivity contribution in [2.75, 3.05) is 6.54 Å². The molecule has 0 aliphatic heterocycles. The number of aryl methyl sites for hydroxylation is 1. The summed E-state index contributed by atoms with van der Waals surface area (Å²) in [6.07, 6.45) is 0. The molecule has 0 bridgehead atoms. The van der Waals surface area contributed by atoms with Crippen LogP contribution in [0.3, 0.4) is 0 Å². The molecule has 0 aliphatic rings. The van der Waals surface area contributed by atoms with Gasteiger partial charge in [-0.15, -0.1) is 0 Å². The molecule has 0 spiro atoms. The van der Waals surface area contributed by atoms with Crippen LogP contribution in [0.25, 0.3) is 10.9 Å². The molecule has 0 atom stereocenters. The molecule has 2 aromatic carbocycles. The molecule has 0 radical (unpaired) electrons. The number of fused-ring (bicyclic) bond motifs is 1. The molecule has 0 aliphatic carbocycles. The van der Waals surface area contributed by atoms with Crippen molar-refractivity contribution in [1.82, 2.24) is 14.9 Å². The van der Waals surface area contributed by atoms with Gasteiger partial charge < -0.3 is 9.88 Å². The number of carbonyl (C=O) groups is 1. The third-order valence-electron chi connectivity index (χ3n) is 3.94. The van der Waals surface area contributed by atoms with Crippen molar-refractivity contribution in [3.05, 3.63) is 75.8 Å². The number of benzene rings is 2. The van der Waals surface area contributed by atoms with E-state index in [1.807, 2.05) is 38.1 Å². The molecule has 1 N–H and O–H groups in total. The number of para-hydroxylation sites is 1. The summed E-state index contributed by atoms with van der Waals surface area (Å²) < 4.78 is 0. The monoisotopic (exact) mass is 321 g/mol. The molecule has 1 amide bonds. The second-order valence-corrected chi connectivity index (χ2v) is 5.72. The van der Waals surface area contributed by atoms with Crippen LogP contribution in [-0.4, -0.2) is 27.3 Å². The Kier molecular flexibility index (Phi) is 4.42. The highest BCUT2D eigenvalue weighted by atomic mass is 16.2. The molecule has 1 aromatic heterocycles. The molecule has 5 nitrogen and oxygen atoms in total. The predicted molar refractivity (Wildman–Crippen MR) is 94.0 cm³/mol. The number of rotatable bonds is 4. The van der Waals surface area contributed by atoms with Crippen LogP contribution in [0.15, 0.2) is 53.3 Å². The maximum Gasteiger partial charge on any atom is 0.258 e. The lowest BCUT2D eigenvalue weighted by atomic mass is 10.1. The Bertz CT molecular complexity index is 946. The van der Waals surface area contributed by atoms with E-state index in [0.29, 0.717) is 28.8 Å². The quantitative estimate of drug-likeness (QED) is 0.803. The summed E-state index contributed by atoms with van der Waals surface area (Å²) in [5.74, 6) is 0.415. The second kappa shape index (κ2) is 6.66. The fourth-order valence-electron chi connectivity index (χ4n) is 2.68. The summed E-state index contributed by atoms with van der Waals surface area (Å²) in [6.45, 7) is 4.66. The number of amides is 1. The normalized spacial score (nSPS) is 10.8. The molecule has 3 rings (SSSR count). The Morgan fingerprint density at radius 1 is 1.17 bits per heavy atom. The van der Waals surface area contributed by atoms with Gasteiger partial charge in [0.1, 0.15) is 5.82 Å².